The largest absolute Gasteiger partial charge is 0.468 e. The van der Waals surface area contributed by atoms with Crippen molar-refractivity contribution in [2.75, 3.05) is 13.7 Å². The van der Waals surface area contributed by atoms with Crippen LogP contribution in [0.3, 0.4) is 0 Å². The number of hydrogen-bond acceptors (Lipinski definition) is 7. The summed E-state index contributed by atoms with van der Waals surface area (Å²) in [6.45, 7) is 0.152. The zero-order valence-electron chi connectivity index (χ0n) is 18.2. The molecule has 1 saturated heterocycles. The van der Waals surface area contributed by atoms with E-state index in [0.717, 1.165) is 11.1 Å². The lowest BCUT2D eigenvalue weighted by Crippen LogP contribution is -2.49. The molecule has 2 unspecified atom stereocenters. The zero-order valence-corrected chi connectivity index (χ0v) is 19.7. The van der Waals surface area contributed by atoms with E-state index in [2.05, 4.69) is 15.0 Å². The number of Topliss-reactive ketones (excluding diaryl/α,β-unsaturated/α-hetero) is 2. The van der Waals surface area contributed by atoms with E-state index in [1.807, 2.05) is 60.7 Å². The van der Waals surface area contributed by atoms with Gasteiger partial charge in [0, 0.05) is 12.5 Å². The summed E-state index contributed by atoms with van der Waals surface area (Å²) in [5.41, 5.74) is 1.82. The van der Waals surface area contributed by atoms with Crippen molar-refractivity contribution in [1.82, 2.24) is 15.0 Å². The predicted molar refractivity (Wildman–Crippen MR) is 127 cm³/mol. The number of ketones is 2. The molecule has 3 N–H and O–H groups in total. The third kappa shape index (κ3) is 6.19. The van der Waals surface area contributed by atoms with Crippen molar-refractivity contribution in [3.8, 4) is 0 Å². The Hall–Kier alpha value is -2.29. The maximum absolute atomic E-state index is 13.6. The highest BCUT2D eigenvalue weighted by Gasteiger charge is 2.50. The van der Waals surface area contributed by atoms with Gasteiger partial charge in [0.25, 0.3) is 0 Å². The second-order valence-corrected chi connectivity index (χ2v) is 8.49. The van der Waals surface area contributed by atoms with Crippen molar-refractivity contribution < 1.29 is 19.1 Å². The summed E-state index contributed by atoms with van der Waals surface area (Å²) < 4.78 is 4.90. The van der Waals surface area contributed by atoms with Crippen LogP contribution in [0.1, 0.15) is 11.1 Å². The number of methoxy groups -OCH3 is 1. The second kappa shape index (κ2) is 12.3. The minimum Gasteiger partial charge on any atom is -0.468 e. The van der Waals surface area contributed by atoms with Gasteiger partial charge in [-0.1, -0.05) is 60.7 Å². The standard InChI is InChI=1S/C24H27Cl2N3O4/c1-33-24(32)21-20(23(31)19(29-26)13-16-10-6-3-7-11-16)17(14-27-21)22(30)18(28-25)12-15-8-4-2-5-9-15/h2-11,17-21,27-29H,12-14H2,1H3/t17?,18-,19-,20?,21+/m1/s1. The Morgan fingerprint density at radius 1 is 0.909 bits per heavy atom. The first kappa shape index (κ1) is 25.3. The predicted octanol–water partition coefficient (Wildman–Crippen LogP) is 2.21. The van der Waals surface area contributed by atoms with E-state index in [9.17, 15) is 14.4 Å². The minimum atomic E-state index is -0.951. The number of rotatable bonds is 11. The first-order valence-electron chi connectivity index (χ1n) is 10.7. The molecule has 0 spiro atoms. The van der Waals surface area contributed by atoms with Crippen LogP contribution in [0.2, 0.25) is 0 Å². The molecule has 0 saturated carbocycles. The van der Waals surface area contributed by atoms with Gasteiger partial charge in [-0.25, -0.2) is 9.67 Å². The Labute approximate surface area is 203 Å². The maximum atomic E-state index is 13.6. The highest BCUT2D eigenvalue weighted by molar-refractivity contribution is 6.16. The number of carbonyl (C=O) groups is 3. The monoisotopic (exact) mass is 491 g/mol. The smallest absolute Gasteiger partial charge is 0.323 e. The van der Waals surface area contributed by atoms with Gasteiger partial charge < -0.3 is 10.1 Å². The van der Waals surface area contributed by atoms with E-state index >= 15 is 0 Å². The van der Waals surface area contributed by atoms with Crippen molar-refractivity contribution in [3.63, 3.8) is 0 Å². The van der Waals surface area contributed by atoms with Gasteiger partial charge >= 0.3 is 5.97 Å². The third-order valence-corrected chi connectivity index (χ3v) is 6.54. The van der Waals surface area contributed by atoms with E-state index in [-0.39, 0.29) is 18.1 Å². The molecular formula is C24H27Cl2N3O4. The van der Waals surface area contributed by atoms with Crippen LogP contribution in [-0.4, -0.2) is 49.3 Å². The van der Waals surface area contributed by atoms with E-state index in [0.29, 0.717) is 12.8 Å². The molecule has 5 atom stereocenters. The number of carbonyl (C=O) groups excluding carboxylic acids is 3. The van der Waals surface area contributed by atoms with Crippen LogP contribution >= 0.6 is 23.6 Å². The Kier molecular flexibility index (Phi) is 9.41. The third-order valence-electron chi connectivity index (χ3n) is 6.01. The van der Waals surface area contributed by atoms with E-state index in [4.69, 9.17) is 28.3 Å². The molecule has 7 nitrogen and oxygen atoms in total. The molecule has 0 radical (unpaired) electrons. The molecule has 2 aromatic rings. The molecule has 1 heterocycles. The highest BCUT2D eigenvalue weighted by Crippen LogP contribution is 2.29. The Morgan fingerprint density at radius 3 is 1.85 bits per heavy atom. The summed E-state index contributed by atoms with van der Waals surface area (Å²) in [5.74, 6) is -2.91. The average molecular weight is 492 g/mol. The quantitative estimate of drug-likeness (QED) is 0.327. The first-order valence-corrected chi connectivity index (χ1v) is 11.4. The summed E-state index contributed by atoms with van der Waals surface area (Å²) in [7, 11) is 1.25. The fourth-order valence-electron chi connectivity index (χ4n) is 4.31. The molecule has 1 fully saturated rings. The van der Waals surface area contributed by atoms with Crippen molar-refractivity contribution in [3.05, 3.63) is 71.8 Å². The molecule has 0 amide bonds. The maximum Gasteiger partial charge on any atom is 0.323 e. The average Bonchev–Trinajstić information content (AvgIpc) is 3.31. The number of hydrogen-bond donors (Lipinski definition) is 3. The van der Waals surface area contributed by atoms with Gasteiger partial charge in [-0.05, 0) is 47.5 Å². The SMILES string of the molecule is COC(=O)[C@H]1NCC(C(=O)[C@@H](Cc2ccccc2)NCl)C1C(=O)[C@@H](Cc1ccccc1)NCl. The molecule has 1 aliphatic heterocycles. The van der Waals surface area contributed by atoms with Crippen LogP contribution in [-0.2, 0) is 32.0 Å². The van der Waals surface area contributed by atoms with Crippen molar-refractivity contribution in [1.29, 1.82) is 0 Å². The molecule has 0 bridgehead atoms. The van der Waals surface area contributed by atoms with Gasteiger partial charge in [-0.15, -0.1) is 0 Å². The molecule has 0 aliphatic carbocycles. The van der Waals surface area contributed by atoms with Crippen LogP contribution in [0.5, 0.6) is 0 Å². The van der Waals surface area contributed by atoms with Crippen molar-refractivity contribution in [2.45, 2.75) is 31.0 Å². The van der Waals surface area contributed by atoms with Crippen LogP contribution in [0.4, 0.5) is 0 Å². The number of ether oxygens (including phenoxy) is 1. The molecule has 3 rings (SSSR count). The van der Waals surface area contributed by atoms with Crippen LogP contribution < -0.4 is 15.0 Å². The summed E-state index contributed by atoms with van der Waals surface area (Å²) in [5, 5.41) is 3.00. The summed E-state index contributed by atoms with van der Waals surface area (Å²) in [4.78, 5) is 44.6. The normalized spacial score (nSPS) is 21.8. The summed E-state index contributed by atoms with van der Waals surface area (Å²) in [6, 6.07) is 16.3. The van der Waals surface area contributed by atoms with Crippen molar-refractivity contribution >= 4 is 41.1 Å². The van der Waals surface area contributed by atoms with E-state index < -0.39 is 35.9 Å². The highest BCUT2D eigenvalue weighted by atomic mass is 35.5. The molecule has 0 aromatic heterocycles. The lowest BCUT2D eigenvalue weighted by Gasteiger charge is -2.27. The van der Waals surface area contributed by atoms with Crippen LogP contribution in [0.25, 0.3) is 0 Å². The van der Waals surface area contributed by atoms with Crippen molar-refractivity contribution in [2.24, 2.45) is 11.8 Å². The molecule has 33 heavy (non-hydrogen) atoms. The minimum absolute atomic E-state index is 0.152. The molecule has 176 valence electrons. The lowest BCUT2D eigenvalue weighted by molar-refractivity contribution is -0.147. The molecule has 9 heteroatoms. The van der Waals surface area contributed by atoms with Crippen LogP contribution in [0, 0.1) is 11.8 Å². The fraction of sp³-hybridized carbons (Fsp3) is 0.375. The number of halogens is 2. The number of esters is 1. The first-order chi connectivity index (χ1) is 16.0. The lowest BCUT2D eigenvalue weighted by atomic mass is 9.78. The summed E-state index contributed by atoms with van der Waals surface area (Å²) in [6.07, 6.45) is 0.667. The van der Waals surface area contributed by atoms with Gasteiger partial charge in [0.05, 0.1) is 25.1 Å². The Morgan fingerprint density at radius 2 is 1.39 bits per heavy atom. The molecular weight excluding hydrogens is 465 g/mol. The Balaban J connectivity index is 1.85. The molecule has 1 aliphatic rings. The van der Waals surface area contributed by atoms with Gasteiger partial charge in [0.1, 0.15) is 6.04 Å². The van der Waals surface area contributed by atoms with E-state index in [1.165, 1.54) is 7.11 Å². The second-order valence-electron chi connectivity index (χ2n) is 8.05. The van der Waals surface area contributed by atoms with E-state index in [1.54, 1.807) is 0 Å². The van der Waals surface area contributed by atoms with Gasteiger partial charge in [-0.2, -0.15) is 0 Å². The zero-order chi connectivity index (χ0) is 23.8. The summed E-state index contributed by atoms with van der Waals surface area (Å²) >= 11 is 11.9. The van der Waals surface area contributed by atoms with Gasteiger partial charge in [0.2, 0.25) is 0 Å². The topological polar surface area (TPSA) is 96.5 Å². The van der Waals surface area contributed by atoms with Crippen LogP contribution in [0.15, 0.2) is 60.7 Å². The van der Waals surface area contributed by atoms with Gasteiger partial charge in [0.15, 0.2) is 11.6 Å². The Bertz CT molecular complexity index is 945. The molecule has 2 aromatic carbocycles. The fourth-order valence-corrected chi connectivity index (χ4v) is 4.68. The number of benzene rings is 2. The number of nitrogens with one attached hydrogen (secondary N) is 3. The van der Waals surface area contributed by atoms with Gasteiger partial charge in [-0.3, -0.25) is 14.4 Å².